The molecule has 2 saturated carbocycles. The quantitative estimate of drug-likeness (QED) is 0.648. The first-order valence-corrected chi connectivity index (χ1v) is 12.5. The van der Waals surface area contributed by atoms with E-state index in [0.717, 1.165) is 42.8 Å². The fourth-order valence-electron chi connectivity index (χ4n) is 7.21. The summed E-state index contributed by atoms with van der Waals surface area (Å²) >= 11 is 0. The second kappa shape index (κ2) is 7.19. The molecule has 4 heteroatoms. The van der Waals surface area contributed by atoms with Gasteiger partial charge < -0.3 is 4.74 Å². The summed E-state index contributed by atoms with van der Waals surface area (Å²) < 4.78 is 19.2. The molecule has 0 saturated heterocycles. The summed E-state index contributed by atoms with van der Waals surface area (Å²) in [5.74, 6) is 2.60. The average molecular weight is 425 g/mol. The van der Waals surface area contributed by atoms with E-state index >= 15 is 0 Å². The molecule has 0 aliphatic heterocycles. The Balaban J connectivity index is 1.54. The van der Waals surface area contributed by atoms with E-state index in [1.807, 2.05) is 30.3 Å². The smallest absolute Gasteiger partial charge is 0.140 e. The minimum Gasteiger partial charge on any atom is -0.501 e. The van der Waals surface area contributed by atoms with Crippen molar-refractivity contribution in [1.29, 1.82) is 0 Å². The van der Waals surface area contributed by atoms with Crippen LogP contribution in [0.25, 0.3) is 0 Å². The number of benzene rings is 1. The highest BCUT2D eigenvalue weighted by Crippen LogP contribution is 2.64. The predicted molar refractivity (Wildman–Crippen MR) is 119 cm³/mol. The summed E-state index contributed by atoms with van der Waals surface area (Å²) in [5, 5.41) is -0.0649. The first-order chi connectivity index (χ1) is 14.4. The van der Waals surface area contributed by atoms with Crippen molar-refractivity contribution in [2.75, 3.05) is 7.11 Å². The van der Waals surface area contributed by atoms with Gasteiger partial charge in [-0.2, -0.15) is 0 Å². The fraction of sp³-hybridized carbons (Fsp3) is 0.577. The number of ether oxygens (including phenoxy) is 1. The summed E-state index contributed by atoms with van der Waals surface area (Å²) in [7, 11) is 0.622. The zero-order valence-corrected chi connectivity index (χ0v) is 19.0. The second-order valence-electron chi connectivity index (χ2n) is 10.2. The Hall–Kier alpha value is -1.68. The van der Waals surface area contributed by atoms with Gasteiger partial charge in [-0.05, 0) is 72.6 Å². The molecule has 0 spiro atoms. The van der Waals surface area contributed by atoms with Gasteiger partial charge in [0.1, 0.15) is 5.78 Å². The van der Waals surface area contributed by atoms with Gasteiger partial charge in [-0.25, -0.2) is 0 Å². The lowest BCUT2D eigenvalue weighted by molar-refractivity contribution is -0.131. The zero-order chi connectivity index (χ0) is 21.1. The number of allylic oxidation sites excluding steroid dienone is 4. The number of methoxy groups -OCH3 is 1. The molecular formula is C26H32O3S. The Morgan fingerprint density at radius 1 is 1.10 bits per heavy atom. The van der Waals surface area contributed by atoms with Gasteiger partial charge in [-0.15, -0.1) is 0 Å². The van der Waals surface area contributed by atoms with Crippen molar-refractivity contribution in [3.8, 4) is 0 Å². The fourth-order valence-corrected chi connectivity index (χ4v) is 9.05. The first kappa shape index (κ1) is 20.2. The van der Waals surface area contributed by atoms with Gasteiger partial charge in [0, 0.05) is 23.2 Å². The van der Waals surface area contributed by atoms with Crippen LogP contribution in [0.1, 0.15) is 52.4 Å². The van der Waals surface area contributed by atoms with Crippen molar-refractivity contribution >= 4 is 16.6 Å². The number of carbonyl (C=O) groups excluding carboxylic acids is 1. The molecule has 2 unspecified atom stereocenters. The van der Waals surface area contributed by atoms with Gasteiger partial charge >= 0.3 is 0 Å². The largest absolute Gasteiger partial charge is 0.501 e. The predicted octanol–water partition coefficient (Wildman–Crippen LogP) is 5.44. The van der Waals surface area contributed by atoms with Crippen LogP contribution in [-0.2, 0) is 20.3 Å². The molecule has 2 fully saturated rings. The van der Waals surface area contributed by atoms with Gasteiger partial charge in [0.05, 0.1) is 28.9 Å². The minimum atomic E-state index is -1.14. The SMILES string of the molecule is COC1=CC2=CC[C@@H]3[C@@H](CC[C@]4(C)C(=O)CC(S(=O)c5ccccc5)[C@@H]34)[C@@]2(C)CC1. The van der Waals surface area contributed by atoms with Gasteiger partial charge in [-0.3, -0.25) is 9.00 Å². The summed E-state index contributed by atoms with van der Waals surface area (Å²) in [4.78, 5) is 14.1. The summed E-state index contributed by atoms with van der Waals surface area (Å²) in [6.07, 6.45) is 10.2. The topological polar surface area (TPSA) is 43.4 Å². The van der Waals surface area contributed by atoms with Crippen molar-refractivity contribution in [3.05, 3.63) is 53.8 Å². The number of Topliss-reactive ketones (excluding diaryl/α,β-unsaturated/α-hetero) is 1. The molecule has 4 aliphatic carbocycles. The number of carbonyl (C=O) groups is 1. The maximum atomic E-state index is 13.6. The molecule has 4 aliphatic rings. The molecule has 0 N–H and O–H groups in total. The lowest BCUT2D eigenvalue weighted by Gasteiger charge is -2.56. The molecule has 30 heavy (non-hydrogen) atoms. The summed E-state index contributed by atoms with van der Waals surface area (Å²) in [6, 6.07) is 9.76. The molecule has 0 aromatic heterocycles. The van der Waals surface area contributed by atoms with Crippen LogP contribution in [0, 0.1) is 28.6 Å². The molecule has 1 aromatic carbocycles. The van der Waals surface area contributed by atoms with Crippen LogP contribution in [-0.4, -0.2) is 22.4 Å². The first-order valence-electron chi connectivity index (χ1n) is 11.3. The van der Waals surface area contributed by atoms with Crippen molar-refractivity contribution < 1.29 is 13.7 Å². The monoisotopic (exact) mass is 424 g/mol. The van der Waals surface area contributed by atoms with E-state index in [1.165, 1.54) is 5.57 Å². The van der Waals surface area contributed by atoms with E-state index in [-0.39, 0.29) is 22.0 Å². The van der Waals surface area contributed by atoms with Crippen molar-refractivity contribution in [3.63, 3.8) is 0 Å². The maximum Gasteiger partial charge on any atom is 0.140 e. The van der Waals surface area contributed by atoms with Gasteiger partial charge in [0.25, 0.3) is 0 Å². The van der Waals surface area contributed by atoms with E-state index in [9.17, 15) is 9.00 Å². The van der Waals surface area contributed by atoms with Crippen LogP contribution in [0.5, 0.6) is 0 Å². The highest BCUT2D eigenvalue weighted by molar-refractivity contribution is 7.85. The molecule has 0 radical (unpaired) electrons. The third-order valence-electron chi connectivity index (χ3n) is 8.92. The van der Waals surface area contributed by atoms with Crippen molar-refractivity contribution in [1.82, 2.24) is 0 Å². The summed E-state index contributed by atoms with van der Waals surface area (Å²) in [5.41, 5.74) is 1.23. The Morgan fingerprint density at radius 3 is 2.60 bits per heavy atom. The van der Waals surface area contributed by atoms with Crippen LogP contribution in [0.2, 0.25) is 0 Å². The van der Waals surface area contributed by atoms with Crippen LogP contribution >= 0.6 is 0 Å². The normalized spacial score (nSPS) is 41.1. The minimum absolute atomic E-state index is 0.0649. The Labute approximate surface area is 182 Å². The molecular weight excluding hydrogens is 392 g/mol. The standard InChI is InChI=1S/C26H32O3S/c1-25-13-11-18(29-3)15-17(25)9-10-20-21(25)12-14-26(2)23(27)16-22(24(20)26)30(28)19-7-5-4-6-8-19/h4-9,15,20-22,24H,10-14,16H2,1-3H3/t20-,21-,22?,24-,25+,26-,30?/m1/s1. The molecule has 1 aromatic rings. The Kier molecular flexibility index (Phi) is 4.85. The molecule has 3 nitrogen and oxygen atoms in total. The van der Waals surface area contributed by atoms with Crippen molar-refractivity contribution in [2.24, 2.45) is 28.6 Å². The zero-order valence-electron chi connectivity index (χ0n) is 18.2. The molecule has 5 rings (SSSR count). The molecule has 0 bridgehead atoms. The van der Waals surface area contributed by atoms with Crippen LogP contribution in [0.3, 0.4) is 0 Å². The highest BCUT2D eigenvalue weighted by atomic mass is 32.2. The number of ketones is 1. The van der Waals surface area contributed by atoms with Gasteiger partial charge in [0.15, 0.2) is 0 Å². The molecule has 160 valence electrons. The van der Waals surface area contributed by atoms with Crippen molar-refractivity contribution in [2.45, 2.75) is 62.5 Å². The van der Waals surface area contributed by atoms with E-state index in [1.54, 1.807) is 7.11 Å². The van der Waals surface area contributed by atoms with E-state index in [0.29, 0.717) is 24.0 Å². The van der Waals surface area contributed by atoms with Crippen LogP contribution in [0.15, 0.2) is 58.7 Å². The lowest BCUT2D eigenvalue weighted by atomic mass is 9.49. The summed E-state index contributed by atoms with van der Waals surface area (Å²) in [6.45, 7) is 4.59. The Bertz CT molecular complexity index is 948. The third-order valence-corrected chi connectivity index (χ3v) is 10.7. The van der Waals surface area contributed by atoms with Gasteiger partial charge in [0.2, 0.25) is 0 Å². The average Bonchev–Trinajstić information content (AvgIpc) is 3.04. The Morgan fingerprint density at radius 2 is 1.87 bits per heavy atom. The van der Waals surface area contributed by atoms with E-state index in [4.69, 9.17) is 4.74 Å². The number of rotatable bonds is 3. The van der Waals surface area contributed by atoms with E-state index in [2.05, 4.69) is 26.0 Å². The lowest BCUT2D eigenvalue weighted by Crippen LogP contribution is -2.51. The maximum absolute atomic E-state index is 13.6. The second-order valence-corrected chi connectivity index (χ2v) is 11.8. The molecule has 0 heterocycles. The molecule has 0 amide bonds. The van der Waals surface area contributed by atoms with Gasteiger partial charge in [-0.1, -0.05) is 38.1 Å². The number of fused-ring (bicyclic) bond motifs is 5. The van der Waals surface area contributed by atoms with Crippen LogP contribution < -0.4 is 0 Å². The third kappa shape index (κ3) is 2.82. The highest BCUT2D eigenvalue weighted by Gasteiger charge is 2.62. The number of hydrogen-bond acceptors (Lipinski definition) is 3. The van der Waals surface area contributed by atoms with Crippen LogP contribution in [0.4, 0.5) is 0 Å². The molecule has 7 atom stereocenters. The van der Waals surface area contributed by atoms with E-state index < -0.39 is 10.8 Å². The number of hydrogen-bond donors (Lipinski definition) is 0.